The average molecular weight is 335 g/mol. The molecule has 0 spiro atoms. The molecule has 1 atom stereocenters. The highest BCUT2D eigenvalue weighted by atomic mass is 32.2. The molecule has 0 aromatic carbocycles. The number of pyridine rings is 1. The number of nitrogens with one attached hydrogen (secondary N) is 1. The van der Waals surface area contributed by atoms with E-state index >= 15 is 0 Å². The van der Waals surface area contributed by atoms with Gasteiger partial charge in [0.25, 0.3) is 10.0 Å². The van der Waals surface area contributed by atoms with Crippen molar-refractivity contribution in [3.63, 3.8) is 0 Å². The molecule has 0 amide bonds. The van der Waals surface area contributed by atoms with Gasteiger partial charge in [0.2, 0.25) is 0 Å². The van der Waals surface area contributed by atoms with E-state index < -0.39 is 10.0 Å². The molecule has 0 aliphatic carbocycles. The van der Waals surface area contributed by atoms with Crippen molar-refractivity contribution >= 4 is 15.8 Å². The van der Waals surface area contributed by atoms with Crippen molar-refractivity contribution in [1.82, 2.24) is 19.3 Å². The van der Waals surface area contributed by atoms with Crippen LogP contribution >= 0.6 is 0 Å². The number of aryl methyl sites for hydroxylation is 2. The first kappa shape index (κ1) is 15.9. The highest BCUT2D eigenvalue weighted by Gasteiger charge is 2.27. The molecule has 124 valence electrons. The van der Waals surface area contributed by atoms with Crippen molar-refractivity contribution in [3.05, 3.63) is 36.4 Å². The van der Waals surface area contributed by atoms with Crippen LogP contribution in [0.2, 0.25) is 0 Å². The van der Waals surface area contributed by atoms with Gasteiger partial charge in [0, 0.05) is 38.1 Å². The van der Waals surface area contributed by atoms with Gasteiger partial charge in [-0.1, -0.05) is 6.07 Å². The highest BCUT2D eigenvalue weighted by molar-refractivity contribution is 7.89. The van der Waals surface area contributed by atoms with Crippen molar-refractivity contribution in [2.45, 2.75) is 30.8 Å². The standard InChI is InChI=1S/C15H21N5O2S/c1-12-5-3-7-14(17-12)20-8-4-6-13(9-20)18-23(21,22)15-10-19(2)11-16-15/h3,5,7,10-11,13,18H,4,6,8-9H2,1-2H3/t13-/m1/s1. The van der Waals surface area contributed by atoms with Crippen LogP contribution in [0.25, 0.3) is 0 Å². The fourth-order valence-corrected chi connectivity index (χ4v) is 4.04. The molecule has 2 aromatic rings. The van der Waals surface area contributed by atoms with Crippen molar-refractivity contribution < 1.29 is 8.42 Å². The highest BCUT2D eigenvalue weighted by Crippen LogP contribution is 2.19. The number of hydrogen-bond donors (Lipinski definition) is 1. The molecule has 3 rings (SSSR count). The van der Waals surface area contributed by atoms with Gasteiger partial charge in [-0.05, 0) is 31.9 Å². The van der Waals surface area contributed by atoms with E-state index in [9.17, 15) is 8.42 Å². The predicted molar refractivity (Wildman–Crippen MR) is 87.7 cm³/mol. The lowest BCUT2D eigenvalue weighted by molar-refractivity contribution is 0.463. The summed E-state index contributed by atoms with van der Waals surface area (Å²) >= 11 is 0. The number of anilines is 1. The minimum Gasteiger partial charge on any atom is -0.355 e. The van der Waals surface area contributed by atoms with Crippen LogP contribution in [0.5, 0.6) is 0 Å². The Morgan fingerprint density at radius 1 is 1.35 bits per heavy atom. The molecule has 0 bridgehead atoms. The zero-order valence-electron chi connectivity index (χ0n) is 13.3. The van der Waals surface area contributed by atoms with Crippen molar-refractivity contribution in [1.29, 1.82) is 0 Å². The predicted octanol–water partition coefficient (Wildman–Crippen LogP) is 1.07. The maximum absolute atomic E-state index is 12.4. The molecule has 0 saturated carbocycles. The van der Waals surface area contributed by atoms with Gasteiger partial charge >= 0.3 is 0 Å². The molecule has 1 aliphatic heterocycles. The molecule has 7 nitrogen and oxygen atoms in total. The van der Waals surface area contributed by atoms with E-state index in [4.69, 9.17) is 0 Å². The van der Waals surface area contributed by atoms with Gasteiger partial charge in [-0.25, -0.2) is 23.1 Å². The van der Waals surface area contributed by atoms with Crippen LogP contribution in [0.3, 0.4) is 0 Å². The topological polar surface area (TPSA) is 80.1 Å². The SMILES string of the molecule is Cc1cccc(N2CCC[C@@H](NS(=O)(=O)c3cn(C)cn3)C2)n1. The molecule has 0 unspecified atom stereocenters. The number of rotatable bonds is 4. The summed E-state index contributed by atoms with van der Waals surface area (Å²) in [5.41, 5.74) is 0.957. The first-order chi connectivity index (χ1) is 10.9. The normalized spacial score (nSPS) is 19.0. The maximum atomic E-state index is 12.4. The van der Waals surface area contributed by atoms with Crippen molar-refractivity contribution in [2.24, 2.45) is 7.05 Å². The van der Waals surface area contributed by atoms with Gasteiger partial charge in [-0.15, -0.1) is 0 Å². The third-order valence-corrected chi connectivity index (χ3v) is 5.30. The largest absolute Gasteiger partial charge is 0.355 e. The van der Waals surface area contributed by atoms with Crippen molar-refractivity contribution in [3.8, 4) is 0 Å². The van der Waals surface area contributed by atoms with E-state index in [1.807, 2.05) is 25.1 Å². The summed E-state index contributed by atoms with van der Waals surface area (Å²) in [6.45, 7) is 3.45. The summed E-state index contributed by atoms with van der Waals surface area (Å²) in [4.78, 5) is 10.6. The van der Waals surface area contributed by atoms with Crippen molar-refractivity contribution in [2.75, 3.05) is 18.0 Å². The molecule has 1 saturated heterocycles. The molecule has 1 fully saturated rings. The Hall–Kier alpha value is -1.93. The summed E-state index contributed by atoms with van der Waals surface area (Å²) in [7, 11) is -1.83. The molecular weight excluding hydrogens is 314 g/mol. The first-order valence-electron chi connectivity index (χ1n) is 7.63. The molecule has 1 aliphatic rings. The maximum Gasteiger partial charge on any atom is 0.259 e. The lowest BCUT2D eigenvalue weighted by Gasteiger charge is -2.33. The Morgan fingerprint density at radius 2 is 2.17 bits per heavy atom. The summed E-state index contributed by atoms with van der Waals surface area (Å²) in [5.74, 6) is 0.895. The second kappa shape index (κ2) is 6.29. The lowest BCUT2D eigenvalue weighted by atomic mass is 10.1. The van der Waals surface area contributed by atoms with Crippen LogP contribution in [0.15, 0.2) is 35.7 Å². The molecular formula is C15H21N5O2S. The number of imidazole rings is 1. The average Bonchev–Trinajstić information content (AvgIpc) is 2.95. The van der Waals surface area contributed by atoms with Crippen LogP contribution in [-0.2, 0) is 17.1 Å². The Balaban J connectivity index is 1.72. The van der Waals surface area contributed by atoms with E-state index in [0.29, 0.717) is 6.54 Å². The van der Waals surface area contributed by atoms with E-state index in [1.54, 1.807) is 11.6 Å². The Morgan fingerprint density at radius 3 is 2.87 bits per heavy atom. The first-order valence-corrected chi connectivity index (χ1v) is 9.11. The minimum absolute atomic E-state index is 0.0609. The number of nitrogens with zero attached hydrogens (tertiary/aromatic N) is 4. The van der Waals surface area contributed by atoms with Gasteiger partial charge in [0.05, 0.1) is 6.33 Å². The third-order valence-electron chi connectivity index (χ3n) is 3.90. The van der Waals surface area contributed by atoms with Crippen LogP contribution in [0.4, 0.5) is 5.82 Å². The third kappa shape index (κ3) is 3.70. The number of aromatic nitrogens is 3. The van der Waals surface area contributed by atoms with Gasteiger partial charge in [0.1, 0.15) is 5.82 Å². The summed E-state index contributed by atoms with van der Waals surface area (Å²) in [6, 6.07) is 5.74. The molecule has 1 N–H and O–H groups in total. The Bertz CT molecular complexity index is 787. The fraction of sp³-hybridized carbons (Fsp3) is 0.467. The van der Waals surface area contributed by atoms with Crippen LogP contribution < -0.4 is 9.62 Å². The quantitative estimate of drug-likeness (QED) is 0.904. The monoisotopic (exact) mass is 335 g/mol. The summed E-state index contributed by atoms with van der Waals surface area (Å²) in [5, 5.41) is 0.0609. The van der Waals surface area contributed by atoms with Gasteiger partial charge in [-0.2, -0.15) is 0 Å². The smallest absolute Gasteiger partial charge is 0.259 e. The number of hydrogen-bond acceptors (Lipinski definition) is 5. The number of sulfonamides is 1. The second-order valence-electron chi connectivity index (χ2n) is 5.92. The Labute approximate surface area is 136 Å². The van der Waals surface area contributed by atoms with Crippen LogP contribution in [0.1, 0.15) is 18.5 Å². The second-order valence-corrected chi connectivity index (χ2v) is 7.58. The molecule has 23 heavy (non-hydrogen) atoms. The van der Waals surface area contributed by atoms with Gasteiger partial charge in [-0.3, -0.25) is 0 Å². The van der Waals surface area contributed by atoms with Gasteiger partial charge < -0.3 is 9.47 Å². The van der Waals surface area contributed by atoms with E-state index in [2.05, 4.69) is 19.6 Å². The summed E-state index contributed by atoms with van der Waals surface area (Å²) < 4.78 is 29.2. The zero-order chi connectivity index (χ0) is 16.4. The zero-order valence-corrected chi connectivity index (χ0v) is 14.1. The minimum atomic E-state index is -3.58. The molecule has 2 aromatic heterocycles. The number of piperidine rings is 1. The lowest BCUT2D eigenvalue weighted by Crippen LogP contribution is -2.48. The molecule has 8 heteroatoms. The van der Waals surface area contributed by atoms with Crippen LogP contribution in [-0.4, -0.2) is 42.1 Å². The van der Waals surface area contributed by atoms with E-state index in [0.717, 1.165) is 30.9 Å². The van der Waals surface area contributed by atoms with E-state index in [1.165, 1.54) is 12.5 Å². The summed E-state index contributed by atoms with van der Waals surface area (Å²) in [6.07, 6.45) is 4.73. The van der Waals surface area contributed by atoms with Gasteiger partial charge in [0.15, 0.2) is 5.03 Å². The fourth-order valence-electron chi connectivity index (χ4n) is 2.79. The molecule has 0 radical (unpaired) electrons. The van der Waals surface area contributed by atoms with E-state index in [-0.39, 0.29) is 11.1 Å². The molecule has 3 heterocycles. The van der Waals surface area contributed by atoms with Crippen LogP contribution in [0, 0.1) is 6.92 Å². The Kier molecular flexibility index (Phi) is 4.36.